The van der Waals surface area contributed by atoms with E-state index < -0.39 is 0 Å². The number of hydrogen-bond donors (Lipinski definition) is 1. The van der Waals surface area contributed by atoms with Crippen LogP contribution in [-0.4, -0.2) is 26.7 Å². The van der Waals surface area contributed by atoms with Crippen molar-refractivity contribution >= 4 is 19.4 Å². The van der Waals surface area contributed by atoms with Gasteiger partial charge in [0.2, 0.25) is 0 Å². The van der Waals surface area contributed by atoms with E-state index in [-0.39, 0.29) is 21.6 Å². The van der Waals surface area contributed by atoms with E-state index in [1.54, 1.807) is 0 Å². The van der Waals surface area contributed by atoms with Crippen LogP contribution in [-0.2, 0) is 0 Å². The van der Waals surface area contributed by atoms with Gasteiger partial charge in [0.05, 0.1) is 0 Å². The zero-order chi connectivity index (χ0) is 8.65. The summed E-state index contributed by atoms with van der Waals surface area (Å²) >= 11 is 0.246. The van der Waals surface area contributed by atoms with Gasteiger partial charge in [0.15, 0.2) is 0 Å². The van der Waals surface area contributed by atoms with Gasteiger partial charge in [0.25, 0.3) is 0 Å². The molecular formula is C10H10OSe. The SMILES string of the molecule is OCCC#C[Se]c1ccccc1. The van der Waals surface area contributed by atoms with Gasteiger partial charge in [-0.25, -0.2) is 0 Å². The fourth-order valence-electron chi connectivity index (χ4n) is 0.690. The first-order valence-corrected chi connectivity index (χ1v) is 5.45. The molecule has 0 saturated carbocycles. The van der Waals surface area contributed by atoms with Crippen molar-refractivity contribution < 1.29 is 5.11 Å². The van der Waals surface area contributed by atoms with Gasteiger partial charge in [-0.05, 0) is 0 Å². The standard InChI is InChI=1S/C10H10OSe/c11-8-4-5-9-12-10-6-2-1-3-7-10/h1-3,6-7,11H,4,8H2. The molecule has 0 bridgehead atoms. The summed E-state index contributed by atoms with van der Waals surface area (Å²) in [4.78, 5) is 3.06. The van der Waals surface area contributed by atoms with Crippen molar-refractivity contribution in [1.29, 1.82) is 0 Å². The summed E-state index contributed by atoms with van der Waals surface area (Å²) in [5, 5.41) is 8.47. The predicted molar refractivity (Wildman–Crippen MR) is 51.3 cm³/mol. The average molecular weight is 225 g/mol. The molecule has 0 saturated heterocycles. The molecule has 1 rings (SSSR count). The van der Waals surface area contributed by atoms with Crippen LogP contribution >= 0.6 is 0 Å². The van der Waals surface area contributed by atoms with Crippen molar-refractivity contribution in [2.24, 2.45) is 0 Å². The molecular weight excluding hydrogens is 215 g/mol. The third-order valence-corrected chi connectivity index (χ3v) is 2.80. The van der Waals surface area contributed by atoms with Crippen molar-refractivity contribution in [3.8, 4) is 10.7 Å². The Morgan fingerprint density at radius 1 is 1.25 bits per heavy atom. The van der Waals surface area contributed by atoms with Gasteiger partial charge in [-0.1, -0.05) is 0 Å². The second-order valence-corrected chi connectivity index (χ2v) is 4.01. The van der Waals surface area contributed by atoms with Crippen LogP contribution in [0.25, 0.3) is 0 Å². The molecule has 1 aromatic carbocycles. The molecule has 0 unspecified atom stereocenters. The van der Waals surface area contributed by atoms with Crippen LogP contribution in [0.5, 0.6) is 0 Å². The maximum atomic E-state index is 8.47. The van der Waals surface area contributed by atoms with Crippen LogP contribution in [0.2, 0.25) is 0 Å². The Labute approximate surface area is 79.0 Å². The summed E-state index contributed by atoms with van der Waals surface area (Å²) in [6.07, 6.45) is 0.592. The van der Waals surface area contributed by atoms with E-state index in [9.17, 15) is 0 Å². The minimum atomic E-state index is 0.165. The van der Waals surface area contributed by atoms with Crippen LogP contribution in [0.15, 0.2) is 30.3 Å². The molecule has 12 heavy (non-hydrogen) atoms. The second-order valence-electron chi connectivity index (χ2n) is 2.17. The first-order chi connectivity index (χ1) is 5.93. The molecule has 0 fully saturated rings. The molecule has 0 amide bonds. The van der Waals surface area contributed by atoms with E-state index in [2.05, 4.69) is 22.9 Å². The van der Waals surface area contributed by atoms with Crippen molar-refractivity contribution in [1.82, 2.24) is 0 Å². The summed E-state index contributed by atoms with van der Waals surface area (Å²) in [6.45, 7) is 0.165. The van der Waals surface area contributed by atoms with Crippen LogP contribution in [0.4, 0.5) is 0 Å². The molecule has 1 aromatic rings. The molecule has 0 aliphatic carbocycles. The Kier molecular flexibility index (Phi) is 4.56. The zero-order valence-electron chi connectivity index (χ0n) is 6.66. The quantitative estimate of drug-likeness (QED) is 0.569. The molecule has 0 aliphatic rings. The number of aliphatic hydroxyl groups is 1. The first kappa shape index (κ1) is 9.35. The van der Waals surface area contributed by atoms with E-state index in [4.69, 9.17) is 5.11 Å². The maximum absolute atomic E-state index is 8.47. The Morgan fingerprint density at radius 3 is 2.67 bits per heavy atom. The predicted octanol–water partition coefficient (Wildman–Crippen LogP) is 0.359. The van der Waals surface area contributed by atoms with Crippen LogP contribution in [0.3, 0.4) is 0 Å². The number of benzene rings is 1. The van der Waals surface area contributed by atoms with Crippen LogP contribution in [0.1, 0.15) is 6.42 Å². The third-order valence-electron chi connectivity index (χ3n) is 1.22. The van der Waals surface area contributed by atoms with Crippen LogP contribution < -0.4 is 4.46 Å². The van der Waals surface area contributed by atoms with Crippen LogP contribution in [0, 0.1) is 10.7 Å². The molecule has 0 spiro atoms. The summed E-state index contributed by atoms with van der Waals surface area (Å²) in [6, 6.07) is 10.2. The molecule has 1 N–H and O–H groups in total. The first-order valence-electron chi connectivity index (χ1n) is 3.74. The van der Waals surface area contributed by atoms with E-state index in [0.29, 0.717) is 6.42 Å². The minimum absolute atomic E-state index is 0.165. The molecule has 2 heteroatoms. The number of rotatable bonds is 2. The van der Waals surface area contributed by atoms with Crippen molar-refractivity contribution in [2.45, 2.75) is 6.42 Å². The molecule has 0 aromatic heterocycles. The fourth-order valence-corrected chi connectivity index (χ4v) is 1.92. The third kappa shape index (κ3) is 3.59. The Hall–Kier alpha value is -0.741. The Bertz CT molecular complexity index is 271. The summed E-state index contributed by atoms with van der Waals surface area (Å²) in [7, 11) is 0. The monoisotopic (exact) mass is 226 g/mol. The second kappa shape index (κ2) is 5.85. The van der Waals surface area contributed by atoms with E-state index in [0.717, 1.165) is 0 Å². The summed E-state index contributed by atoms with van der Waals surface area (Å²) in [5.74, 6) is 2.91. The molecule has 0 atom stereocenters. The van der Waals surface area contributed by atoms with Gasteiger partial charge < -0.3 is 0 Å². The van der Waals surface area contributed by atoms with Gasteiger partial charge in [-0.3, -0.25) is 0 Å². The molecule has 0 aliphatic heterocycles. The van der Waals surface area contributed by atoms with E-state index in [1.165, 1.54) is 4.46 Å². The number of hydrogen-bond acceptors (Lipinski definition) is 1. The van der Waals surface area contributed by atoms with Gasteiger partial charge in [-0.15, -0.1) is 0 Å². The van der Waals surface area contributed by atoms with Crippen molar-refractivity contribution in [3.63, 3.8) is 0 Å². The molecule has 0 radical (unpaired) electrons. The molecule has 62 valence electrons. The van der Waals surface area contributed by atoms with E-state index in [1.807, 2.05) is 18.2 Å². The van der Waals surface area contributed by atoms with E-state index >= 15 is 0 Å². The fraction of sp³-hybridized carbons (Fsp3) is 0.200. The molecule has 0 heterocycles. The van der Waals surface area contributed by atoms with Crippen molar-refractivity contribution in [2.75, 3.05) is 6.61 Å². The average Bonchev–Trinajstić information content (AvgIpc) is 2.14. The normalized spacial score (nSPS) is 8.75. The Morgan fingerprint density at radius 2 is 2.00 bits per heavy atom. The summed E-state index contributed by atoms with van der Waals surface area (Å²) < 4.78 is 1.29. The number of aliphatic hydroxyl groups excluding tert-OH is 1. The topological polar surface area (TPSA) is 20.2 Å². The zero-order valence-corrected chi connectivity index (χ0v) is 8.37. The van der Waals surface area contributed by atoms with Gasteiger partial charge in [0, 0.05) is 0 Å². The Balaban J connectivity index is 2.40. The van der Waals surface area contributed by atoms with Gasteiger partial charge in [0.1, 0.15) is 0 Å². The van der Waals surface area contributed by atoms with Gasteiger partial charge in [-0.2, -0.15) is 0 Å². The van der Waals surface area contributed by atoms with Gasteiger partial charge >= 0.3 is 78.6 Å². The molecule has 1 nitrogen and oxygen atoms in total. The van der Waals surface area contributed by atoms with Crippen molar-refractivity contribution in [3.05, 3.63) is 30.3 Å². The summed E-state index contributed by atoms with van der Waals surface area (Å²) in [5.41, 5.74) is 0.